The third kappa shape index (κ3) is 3.67. The molecule has 19 heavy (non-hydrogen) atoms. The molecule has 0 saturated carbocycles. The molecule has 0 aromatic carbocycles. The predicted octanol–water partition coefficient (Wildman–Crippen LogP) is 1.48. The molecular weight excluding hydrogens is 266 g/mol. The van der Waals surface area contributed by atoms with Crippen LogP contribution in [-0.2, 0) is 4.79 Å². The van der Waals surface area contributed by atoms with E-state index >= 15 is 0 Å². The summed E-state index contributed by atoms with van der Waals surface area (Å²) < 4.78 is 0. The second kappa shape index (κ2) is 6.02. The van der Waals surface area contributed by atoms with Crippen molar-refractivity contribution in [2.75, 3.05) is 13.1 Å². The van der Waals surface area contributed by atoms with E-state index in [4.69, 9.17) is 11.6 Å². The van der Waals surface area contributed by atoms with Crippen LogP contribution in [0.2, 0.25) is 5.02 Å². The van der Waals surface area contributed by atoms with Gasteiger partial charge >= 0.3 is 0 Å². The van der Waals surface area contributed by atoms with Gasteiger partial charge in [0.05, 0.1) is 0 Å². The Balaban J connectivity index is 2.04. The SMILES string of the molecule is CC(=O)NC1CCCN(C(=O)c2cc(Cl)ccn2)C1. The number of carbonyl (C=O) groups excluding carboxylic acids is 2. The first-order valence-electron chi connectivity index (χ1n) is 6.24. The highest BCUT2D eigenvalue weighted by Gasteiger charge is 2.25. The first-order chi connectivity index (χ1) is 9.06. The molecule has 1 aromatic heterocycles. The molecule has 2 amide bonds. The van der Waals surface area contributed by atoms with Crippen LogP contribution in [0.25, 0.3) is 0 Å². The second-order valence-electron chi connectivity index (χ2n) is 4.65. The highest BCUT2D eigenvalue weighted by molar-refractivity contribution is 6.30. The molecule has 1 aliphatic rings. The molecule has 6 heteroatoms. The van der Waals surface area contributed by atoms with Crippen molar-refractivity contribution in [1.29, 1.82) is 0 Å². The summed E-state index contributed by atoms with van der Waals surface area (Å²) in [6.45, 7) is 2.69. The third-order valence-corrected chi connectivity index (χ3v) is 3.29. The number of hydrogen-bond donors (Lipinski definition) is 1. The molecule has 2 rings (SSSR count). The molecule has 1 unspecified atom stereocenters. The number of likely N-dealkylation sites (tertiary alicyclic amines) is 1. The van der Waals surface area contributed by atoms with Crippen LogP contribution in [0.5, 0.6) is 0 Å². The molecule has 1 aliphatic heterocycles. The average molecular weight is 282 g/mol. The molecule has 1 saturated heterocycles. The van der Waals surface area contributed by atoms with Crippen LogP contribution >= 0.6 is 11.6 Å². The van der Waals surface area contributed by atoms with Crippen LogP contribution in [0.4, 0.5) is 0 Å². The van der Waals surface area contributed by atoms with Gasteiger partial charge in [0, 0.05) is 37.3 Å². The molecule has 1 atom stereocenters. The Morgan fingerprint density at radius 3 is 3.00 bits per heavy atom. The fraction of sp³-hybridized carbons (Fsp3) is 0.462. The summed E-state index contributed by atoms with van der Waals surface area (Å²) in [5.41, 5.74) is 0.343. The minimum atomic E-state index is -0.141. The van der Waals surface area contributed by atoms with Gasteiger partial charge in [0.15, 0.2) is 0 Å². The smallest absolute Gasteiger partial charge is 0.272 e. The Labute approximate surface area is 117 Å². The van der Waals surface area contributed by atoms with E-state index in [0.29, 0.717) is 23.8 Å². The topological polar surface area (TPSA) is 62.3 Å². The number of aromatic nitrogens is 1. The molecule has 1 aromatic rings. The van der Waals surface area contributed by atoms with Gasteiger partial charge in [-0.15, -0.1) is 0 Å². The monoisotopic (exact) mass is 281 g/mol. The minimum Gasteiger partial charge on any atom is -0.352 e. The van der Waals surface area contributed by atoms with Gasteiger partial charge in [0.25, 0.3) is 5.91 Å². The van der Waals surface area contributed by atoms with Crippen molar-refractivity contribution in [3.63, 3.8) is 0 Å². The highest BCUT2D eigenvalue weighted by atomic mass is 35.5. The van der Waals surface area contributed by atoms with Crippen molar-refractivity contribution in [1.82, 2.24) is 15.2 Å². The maximum atomic E-state index is 12.3. The van der Waals surface area contributed by atoms with E-state index in [-0.39, 0.29) is 17.9 Å². The molecule has 102 valence electrons. The lowest BCUT2D eigenvalue weighted by atomic mass is 10.1. The molecule has 0 radical (unpaired) electrons. The summed E-state index contributed by atoms with van der Waals surface area (Å²) in [4.78, 5) is 29.1. The molecule has 1 fully saturated rings. The summed E-state index contributed by atoms with van der Waals surface area (Å²) >= 11 is 5.86. The molecule has 5 nitrogen and oxygen atoms in total. The van der Waals surface area contributed by atoms with E-state index in [1.54, 1.807) is 17.0 Å². The lowest BCUT2D eigenvalue weighted by Gasteiger charge is -2.32. The predicted molar refractivity (Wildman–Crippen MR) is 72.0 cm³/mol. The Hall–Kier alpha value is -1.62. The summed E-state index contributed by atoms with van der Waals surface area (Å²) in [5.74, 6) is -0.210. The van der Waals surface area contributed by atoms with Gasteiger partial charge in [-0.1, -0.05) is 11.6 Å². The molecule has 0 aliphatic carbocycles. The van der Waals surface area contributed by atoms with Crippen LogP contribution in [0.15, 0.2) is 18.3 Å². The van der Waals surface area contributed by atoms with Crippen molar-refractivity contribution < 1.29 is 9.59 Å². The number of carbonyl (C=O) groups is 2. The van der Waals surface area contributed by atoms with Crippen molar-refractivity contribution in [3.05, 3.63) is 29.0 Å². The minimum absolute atomic E-state index is 0.0226. The number of piperidine rings is 1. The molecular formula is C13H16ClN3O2. The van der Waals surface area contributed by atoms with Crippen molar-refractivity contribution in [2.24, 2.45) is 0 Å². The summed E-state index contributed by atoms with van der Waals surface area (Å²) in [7, 11) is 0. The van der Waals surface area contributed by atoms with Gasteiger partial charge in [0.2, 0.25) is 5.91 Å². The van der Waals surface area contributed by atoms with Crippen LogP contribution < -0.4 is 5.32 Å². The molecule has 2 heterocycles. The fourth-order valence-electron chi connectivity index (χ4n) is 2.25. The highest BCUT2D eigenvalue weighted by Crippen LogP contribution is 2.15. The zero-order chi connectivity index (χ0) is 13.8. The average Bonchev–Trinajstić information content (AvgIpc) is 2.37. The number of nitrogens with one attached hydrogen (secondary N) is 1. The Kier molecular flexibility index (Phi) is 4.37. The van der Waals surface area contributed by atoms with Crippen molar-refractivity contribution in [2.45, 2.75) is 25.8 Å². The van der Waals surface area contributed by atoms with Gasteiger partial charge in [-0.2, -0.15) is 0 Å². The van der Waals surface area contributed by atoms with E-state index in [9.17, 15) is 9.59 Å². The first-order valence-corrected chi connectivity index (χ1v) is 6.62. The van der Waals surface area contributed by atoms with Crippen LogP contribution in [0.1, 0.15) is 30.3 Å². The van der Waals surface area contributed by atoms with Gasteiger partial charge in [-0.05, 0) is 25.0 Å². The number of hydrogen-bond acceptors (Lipinski definition) is 3. The molecule has 0 spiro atoms. The standard InChI is InChI=1S/C13H16ClN3O2/c1-9(18)16-11-3-2-6-17(8-11)13(19)12-7-10(14)4-5-15-12/h4-5,7,11H,2-3,6,8H2,1H3,(H,16,18). The van der Waals surface area contributed by atoms with Gasteiger partial charge in [-0.25, -0.2) is 0 Å². The first kappa shape index (κ1) is 13.8. The normalized spacial score (nSPS) is 19.1. The lowest BCUT2D eigenvalue weighted by Crippen LogP contribution is -2.49. The quantitative estimate of drug-likeness (QED) is 0.893. The van der Waals surface area contributed by atoms with Gasteiger partial charge < -0.3 is 10.2 Å². The van der Waals surface area contributed by atoms with Crippen LogP contribution in [0, 0.1) is 0 Å². The van der Waals surface area contributed by atoms with E-state index in [1.165, 1.54) is 13.1 Å². The molecule has 0 bridgehead atoms. The van der Waals surface area contributed by atoms with Crippen LogP contribution in [-0.4, -0.2) is 40.8 Å². The maximum absolute atomic E-state index is 12.3. The third-order valence-electron chi connectivity index (χ3n) is 3.06. The summed E-state index contributed by atoms with van der Waals surface area (Å²) in [6, 6.07) is 3.22. The fourth-order valence-corrected chi connectivity index (χ4v) is 2.41. The Morgan fingerprint density at radius 2 is 2.32 bits per heavy atom. The van der Waals surface area contributed by atoms with Crippen molar-refractivity contribution in [3.8, 4) is 0 Å². The Morgan fingerprint density at radius 1 is 1.53 bits per heavy atom. The zero-order valence-corrected chi connectivity index (χ0v) is 11.5. The number of amides is 2. The second-order valence-corrected chi connectivity index (χ2v) is 5.09. The van der Waals surface area contributed by atoms with E-state index in [2.05, 4.69) is 10.3 Å². The van der Waals surface area contributed by atoms with E-state index < -0.39 is 0 Å². The molecule has 1 N–H and O–H groups in total. The van der Waals surface area contributed by atoms with Crippen molar-refractivity contribution >= 4 is 23.4 Å². The number of pyridine rings is 1. The zero-order valence-electron chi connectivity index (χ0n) is 10.7. The number of rotatable bonds is 2. The summed E-state index contributed by atoms with van der Waals surface area (Å²) in [6.07, 6.45) is 3.29. The lowest BCUT2D eigenvalue weighted by molar-refractivity contribution is -0.120. The Bertz CT molecular complexity index is 493. The maximum Gasteiger partial charge on any atom is 0.272 e. The largest absolute Gasteiger partial charge is 0.352 e. The van der Waals surface area contributed by atoms with Gasteiger partial charge in [-0.3, -0.25) is 14.6 Å². The van der Waals surface area contributed by atoms with E-state index in [1.807, 2.05) is 0 Å². The van der Waals surface area contributed by atoms with Crippen LogP contribution in [0.3, 0.4) is 0 Å². The number of nitrogens with zero attached hydrogens (tertiary/aromatic N) is 2. The summed E-state index contributed by atoms with van der Waals surface area (Å²) in [5, 5.41) is 3.34. The van der Waals surface area contributed by atoms with E-state index in [0.717, 1.165) is 12.8 Å². The van der Waals surface area contributed by atoms with Gasteiger partial charge in [0.1, 0.15) is 5.69 Å². The number of halogens is 1.